The molecule has 5 nitrogen and oxygen atoms in total. The minimum Gasteiger partial charge on any atom is -0.486 e. The molecule has 0 atom stereocenters. The quantitative estimate of drug-likeness (QED) is 0.727. The number of nitrogens with zero attached hydrogens (tertiary/aromatic N) is 1. The van der Waals surface area contributed by atoms with E-state index in [4.69, 9.17) is 21.1 Å². The second-order valence-electron chi connectivity index (χ2n) is 6.77. The third-order valence-corrected chi connectivity index (χ3v) is 5.15. The Kier molecular flexibility index (Phi) is 7.18. The topological polar surface area (TPSA) is 50.8 Å². The molecule has 6 heteroatoms. The van der Waals surface area contributed by atoms with Crippen LogP contribution in [-0.4, -0.2) is 43.7 Å². The molecular weight excluding hydrogens is 376 g/mol. The van der Waals surface area contributed by atoms with Gasteiger partial charge in [0.2, 0.25) is 0 Å². The molecule has 0 radical (unpaired) electrons. The fraction of sp³-hybridized carbons (Fsp3) is 0.409. The Hall–Kier alpha value is -2.24. The van der Waals surface area contributed by atoms with Gasteiger partial charge < -0.3 is 14.8 Å². The summed E-state index contributed by atoms with van der Waals surface area (Å²) in [6, 6.07) is 11.6. The molecule has 150 valence electrons. The normalized spacial score (nSPS) is 12.9. The van der Waals surface area contributed by atoms with Crippen molar-refractivity contribution in [1.82, 2.24) is 10.2 Å². The molecule has 1 aliphatic rings. The van der Waals surface area contributed by atoms with Crippen LogP contribution in [0, 0.1) is 0 Å². The highest BCUT2D eigenvalue weighted by atomic mass is 35.5. The summed E-state index contributed by atoms with van der Waals surface area (Å²) in [4.78, 5) is 14.7. The zero-order valence-electron chi connectivity index (χ0n) is 16.5. The van der Waals surface area contributed by atoms with Gasteiger partial charge in [-0.1, -0.05) is 37.6 Å². The summed E-state index contributed by atoms with van der Waals surface area (Å²) in [5, 5.41) is 3.51. The second kappa shape index (κ2) is 9.80. The molecular formula is C22H27ClN2O3. The van der Waals surface area contributed by atoms with Crippen molar-refractivity contribution in [2.45, 2.75) is 26.8 Å². The van der Waals surface area contributed by atoms with Crippen LogP contribution >= 0.6 is 11.6 Å². The summed E-state index contributed by atoms with van der Waals surface area (Å²) in [5.41, 5.74) is 2.89. The van der Waals surface area contributed by atoms with Gasteiger partial charge in [0.15, 0.2) is 11.5 Å². The maximum Gasteiger partial charge on any atom is 0.251 e. The van der Waals surface area contributed by atoms with Crippen LogP contribution in [0.25, 0.3) is 0 Å². The van der Waals surface area contributed by atoms with Crippen molar-refractivity contribution in [3.8, 4) is 11.5 Å². The zero-order chi connectivity index (χ0) is 19.9. The van der Waals surface area contributed by atoms with E-state index in [1.54, 1.807) is 0 Å². The molecule has 2 aromatic rings. The molecule has 0 unspecified atom stereocenters. The number of carbonyl (C=O) groups excluding carboxylic acids is 1. The summed E-state index contributed by atoms with van der Waals surface area (Å²) < 4.78 is 11.1. The summed E-state index contributed by atoms with van der Waals surface area (Å²) in [5.74, 6) is 1.20. The second-order valence-corrected chi connectivity index (χ2v) is 7.17. The Labute approximate surface area is 171 Å². The Balaban J connectivity index is 1.52. The predicted molar refractivity (Wildman–Crippen MR) is 112 cm³/mol. The molecule has 1 amide bonds. The van der Waals surface area contributed by atoms with Crippen LogP contribution in [0.15, 0.2) is 36.4 Å². The van der Waals surface area contributed by atoms with Crippen molar-refractivity contribution in [2.24, 2.45) is 0 Å². The number of amides is 1. The first kappa shape index (κ1) is 20.5. The standard InChI is InChI=1S/C22H27ClN2O3/c1-3-25(4-2)15-16-5-7-18(8-6-16)22(26)24-10-9-17-13-19(23)21-20(14-17)27-11-12-28-21/h5-8,13-14H,3-4,9-12,15H2,1-2H3,(H,24,26). The van der Waals surface area contributed by atoms with E-state index in [2.05, 4.69) is 24.1 Å². The van der Waals surface area contributed by atoms with Crippen LogP contribution in [-0.2, 0) is 13.0 Å². The third kappa shape index (κ3) is 5.18. The zero-order valence-corrected chi connectivity index (χ0v) is 17.2. The number of carbonyl (C=O) groups is 1. The molecule has 1 heterocycles. The summed E-state index contributed by atoms with van der Waals surface area (Å²) in [7, 11) is 0. The minimum atomic E-state index is -0.0713. The van der Waals surface area contributed by atoms with Gasteiger partial charge in [-0.25, -0.2) is 0 Å². The lowest BCUT2D eigenvalue weighted by atomic mass is 10.1. The lowest BCUT2D eigenvalue weighted by Crippen LogP contribution is -2.26. The molecule has 0 aromatic heterocycles. The van der Waals surface area contributed by atoms with E-state index < -0.39 is 0 Å². The van der Waals surface area contributed by atoms with Crippen molar-refractivity contribution >= 4 is 17.5 Å². The fourth-order valence-electron chi connectivity index (χ4n) is 3.20. The van der Waals surface area contributed by atoms with E-state index in [0.29, 0.717) is 48.3 Å². The molecule has 1 aliphatic heterocycles. The van der Waals surface area contributed by atoms with Crippen LogP contribution in [0.1, 0.15) is 35.3 Å². The molecule has 2 aromatic carbocycles. The molecule has 0 fully saturated rings. The van der Waals surface area contributed by atoms with Gasteiger partial charge in [0, 0.05) is 18.7 Å². The minimum absolute atomic E-state index is 0.0713. The number of ether oxygens (including phenoxy) is 2. The molecule has 28 heavy (non-hydrogen) atoms. The van der Waals surface area contributed by atoms with E-state index in [-0.39, 0.29) is 5.91 Å². The molecule has 3 rings (SSSR count). The highest BCUT2D eigenvalue weighted by Gasteiger charge is 2.16. The van der Waals surface area contributed by atoms with Gasteiger partial charge in [-0.2, -0.15) is 0 Å². The number of hydrogen-bond acceptors (Lipinski definition) is 4. The summed E-state index contributed by atoms with van der Waals surface area (Å²) >= 11 is 6.26. The van der Waals surface area contributed by atoms with E-state index in [9.17, 15) is 4.79 Å². The largest absolute Gasteiger partial charge is 0.486 e. The SMILES string of the molecule is CCN(CC)Cc1ccc(C(=O)NCCc2cc(Cl)c3c(c2)OCCO3)cc1. The van der Waals surface area contributed by atoms with Gasteiger partial charge >= 0.3 is 0 Å². The van der Waals surface area contributed by atoms with E-state index in [1.807, 2.05) is 36.4 Å². The van der Waals surface area contributed by atoms with Crippen LogP contribution in [0.2, 0.25) is 5.02 Å². The van der Waals surface area contributed by atoms with Gasteiger partial charge in [0.05, 0.1) is 5.02 Å². The first-order valence-electron chi connectivity index (χ1n) is 9.78. The number of rotatable bonds is 8. The van der Waals surface area contributed by atoms with Crippen molar-refractivity contribution in [3.63, 3.8) is 0 Å². The first-order chi connectivity index (χ1) is 13.6. The highest BCUT2D eigenvalue weighted by Crippen LogP contribution is 2.38. The monoisotopic (exact) mass is 402 g/mol. The Morgan fingerprint density at radius 1 is 1.07 bits per heavy atom. The van der Waals surface area contributed by atoms with Crippen LogP contribution in [0.5, 0.6) is 11.5 Å². The van der Waals surface area contributed by atoms with E-state index in [1.165, 1.54) is 5.56 Å². The molecule has 1 N–H and O–H groups in total. The fourth-order valence-corrected chi connectivity index (χ4v) is 3.49. The molecule has 0 saturated carbocycles. The van der Waals surface area contributed by atoms with Crippen LogP contribution in [0.4, 0.5) is 0 Å². The average molecular weight is 403 g/mol. The number of nitrogens with one attached hydrogen (secondary N) is 1. The Morgan fingerprint density at radius 3 is 2.50 bits per heavy atom. The molecule has 0 aliphatic carbocycles. The van der Waals surface area contributed by atoms with Gasteiger partial charge in [0.25, 0.3) is 5.91 Å². The maximum absolute atomic E-state index is 12.4. The smallest absolute Gasteiger partial charge is 0.251 e. The van der Waals surface area contributed by atoms with E-state index in [0.717, 1.165) is 25.2 Å². The Bertz CT molecular complexity index is 804. The van der Waals surface area contributed by atoms with Gasteiger partial charge in [-0.05, 0) is 54.9 Å². The summed E-state index contributed by atoms with van der Waals surface area (Å²) in [6.07, 6.45) is 0.669. The highest BCUT2D eigenvalue weighted by molar-refractivity contribution is 6.32. The number of fused-ring (bicyclic) bond motifs is 1. The molecule has 0 spiro atoms. The van der Waals surface area contributed by atoms with Crippen LogP contribution in [0.3, 0.4) is 0 Å². The van der Waals surface area contributed by atoms with Gasteiger partial charge in [-0.15, -0.1) is 0 Å². The van der Waals surface area contributed by atoms with Crippen molar-refractivity contribution < 1.29 is 14.3 Å². The Morgan fingerprint density at radius 2 is 1.79 bits per heavy atom. The van der Waals surface area contributed by atoms with Crippen molar-refractivity contribution in [2.75, 3.05) is 32.8 Å². The lowest BCUT2D eigenvalue weighted by molar-refractivity contribution is 0.0954. The third-order valence-electron chi connectivity index (χ3n) is 4.87. The lowest BCUT2D eigenvalue weighted by Gasteiger charge is -2.20. The average Bonchev–Trinajstić information content (AvgIpc) is 2.72. The first-order valence-corrected chi connectivity index (χ1v) is 10.2. The van der Waals surface area contributed by atoms with Gasteiger partial charge in [0.1, 0.15) is 13.2 Å². The maximum atomic E-state index is 12.4. The molecule has 0 saturated heterocycles. The van der Waals surface area contributed by atoms with Crippen molar-refractivity contribution in [1.29, 1.82) is 0 Å². The van der Waals surface area contributed by atoms with Crippen LogP contribution < -0.4 is 14.8 Å². The predicted octanol–water partition coefficient (Wildman–Crippen LogP) is 3.93. The number of hydrogen-bond donors (Lipinski definition) is 1. The van der Waals surface area contributed by atoms with Gasteiger partial charge in [-0.3, -0.25) is 9.69 Å². The summed E-state index contributed by atoms with van der Waals surface area (Å²) in [6.45, 7) is 8.80. The number of halogens is 1. The van der Waals surface area contributed by atoms with E-state index >= 15 is 0 Å². The molecule has 0 bridgehead atoms. The number of benzene rings is 2. The van der Waals surface area contributed by atoms with Crippen molar-refractivity contribution in [3.05, 3.63) is 58.1 Å².